The number of benzene rings is 1. The zero-order valence-electron chi connectivity index (χ0n) is 8.98. The molecule has 0 spiro atoms. The average molecular weight is 302 g/mol. The van der Waals surface area contributed by atoms with Gasteiger partial charge in [-0.15, -0.1) is 0 Å². The number of rotatable bonds is 4. The van der Waals surface area contributed by atoms with E-state index in [0.717, 1.165) is 4.47 Å². The molecule has 1 amide bonds. The Balaban J connectivity index is 1.92. The van der Waals surface area contributed by atoms with Crippen molar-refractivity contribution in [1.29, 1.82) is 0 Å². The first-order chi connectivity index (χ1) is 8.10. The van der Waals surface area contributed by atoms with Crippen LogP contribution < -0.4 is 10.1 Å². The molecule has 1 aromatic carbocycles. The summed E-state index contributed by atoms with van der Waals surface area (Å²) in [5, 5.41) is 11.2. The quantitative estimate of drug-likeness (QED) is 0.891. The molecule has 2 rings (SSSR count). The van der Waals surface area contributed by atoms with Crippen LogP contribution in [0.1, 0.15) is 0 Å². The summed E-state index contributed by atoms with van der Waals surface area (Å²) in [5.41, 5.74) is -0.612. The van der Waals surface area contributed by atoms with Crippen molar-refractivity contribution in [3.63, 3.8) is 0 Å². The van der Waals surface area contributed by atoms with Crippen LogP contribution in [0.4, 0.5) is 4.79 Å². The molecular weight excluding hydrogens is 290 g/mol. The van der Waals surface area contributed by atoms with E-state index in [0.29, 0.717) is 19.0 Å². The third-order valence-corrected chi connectivity index (χ3v) is 2.99. The Morgan fingerprint density at radius 1 is 1.47 bits per heavy atom. The van der Waals surface area contributed by atoms with Crippen LogP contribution in [0.25, 0.3) is 0 Å². The number of hydrogen-bond donors (Lipinski definition) is 2. The van der Waals surface area contributed by atoms with Gasteiger partial charge in [0.1, 0.15) is 17.9 Å². The van der Waals surface area contributed by atoms with Crippen LogP contribution in [0.15, 0.2) is 28.7 Å². The predicted octanol–water partition coefficient (Wildman–Crippen LogP) is 1.86. The molecule has 0 aromatic heterocycles. The van der Waals surface area contributed by atoms with Crippen molar-refractivity contribution in [2.75, 3.05) is 19.8 Å². The molecule has 0 aliphatic carbocycles. The van der Waals surface area contributed by atoms with Crippen molar-refractivity contribution in [2.45, 2.75) is 5.54 Å². The fraction of sp³-hybridized carbons (Fsp3) is 0.364. The van der Waals surface area contributed by atoms with Gasteiger partial charge >= 0.3 is 6.09 Å². The lowest BCUT2D eigenvalue weighted by molar-refractivity contribution is -0.0885. The summed E-state index contributed by atoms with van der Waals surface area (Å²) >= 11 is 3.33. The number of halogens is 1. The molecule has 5 nitrogen and oxygen atoms in total. The van der Waals surface area contributed by atoms with Crippen molar-refractivity contribution in [1.82, 2.24) is 5.32 Å². The molecule has 92 valence electrons. The first kappa shape index (κ1) is 12.2. The minimum absolute atomic E-state index is 0.265. The van der Waals surface area contributed by atoms with Gasteiger partial charge in [0, 0.05) is 4.47 Å². The molecule has 1 aromatic rings. The minimum atomic E-state index is -1.06. The Labute approximate surface area is 107 Å². The van der Waals surface area contributed by atoms with Gasteiger partial charge in [0.15, 0.2) is 0 Å². The minimum Gasteiger partial charge on any atom is -0.491 e. The first-order valence-corrected chi connectivity index (χ1v) is 5.86. The maximum Gasteiger partial charge on any atom is 0.405 e. The van der Waals surface area contributed by atoms with E-state index in [9.17, 15) is 4.79 Å². The van der Waals surface area contributed by atoms with Gasteiger partial charge in [-0.1, -0.05) is 15.9 Å². The standard InChI is InChI=1S/C11H12BrNO4/c12-8-1-3-9(4-2-8)17-7-11(5-16-6-11)13-10(14)15/h1-4,13H,5-7H2,(H,14,15). The number of carbonyl (C=O) groups is 1. The second-order valence-electron chi connectivity index (χ2n) is 3.95. The van der Waals surface area contributed by atoms with Gasteiger partial charge in [-0.3, -0.25) is 0 Å². The maximum atomic E-state index is 10.6. The molecule has 1 saturated heterocycles. The first-order valence-electron chi connectivity index (χ1n) is 5.07. The van der Waals surface area contributed by atoms with Crippen LogP contribution in [0.2, 0.25) is 0 Å². The van der Waals surface area contributed by atoms with E-state index >= 15 is 0 Å². The molecular formula is C11H12BrNO4. The fourth-order valence-corrected chi connectivity index (χ4v) is 1.78. The zero-order chi connectivity index (χ0) is 12.3. The molecule has 0 radical (unpaired) electrons. The van der Waals surface area contributed by atoms with Crippen LogP contribution in [0, 0.1) is 0 Å². The smallest absolute Gasteiger partial charge is 0.405 e. The Hall–Kier alpha value is -1.27. The lowest BCUT2D eigenvalue weighted by Gasteiger charge is -2.40. The second kappa shape index (κ2) is 4.93. The van der Waals surface area contributed by atoms with Crippen molar-refractivity contribution >= 4 is 22.0 Å². The Morgan fingerprint density at radius 2 is 2.12 bits per heavy atom. The van der Waals surface area contributed by atoms with Crippen LogP contribution in [-0.2, 0) is 4.74 Å². The van der Waals surface area contributed by atoms with Gasteiger partial charge in [0.05, 0.1) is 13.2 Å². The summed E-state index contributed by atoms with van der Waals surface area (Å²) < 4.78 is 11.5. The molecule has 6 heteroatoms. The summed E-state index contributed by atoms with van der Waals surface area (Å²) in [5.74, 6) is 0.701. The van der Waals surface area contributed by atoms with Crippen molar-refractivity contribution in [3.05, 3.63) is 28.7 Å². The molecule has 0 bridgehead atoms. The van der Waals surface area contributed by atoms with Gasteiger partial charge in [-0.2, -0.15) is 0 Å². The zero-order valence-corrected chi connectivity index (χ0v) is 10.6. The van der Waals surface area contributed by atoms with Gasteiger partial charge in [0.2, 0.25) is 0 Å². The third kappa shape index (κ3) is 3.10. The molecule has 1 heterocycles. The summed E-state index contributed by atoms with van der Waals surface area (Å²) in [7, 11) is 0. The van der Waals surface area contributed by atoms with E-state index in [2.05, 4.69) is 21.2 Å². The van der Waals surface area contributed by atoms with Gasteiger partial charge in [-0.05, 0) is 24.3 Å². The Morgan fingerprint density at radius 3 is 2.59 bits per heavy atom. The summed E-state index contributed by atoms with van der Waals surface area (Å²) in [4.78, 5) is 10.6. The van der Waals surface area contributed by atoms with E-state index in [1.807, 2.05) is 24.3 Å². The largest absolute Gasteiger partial charge is 0.491 e. The van der Waals surface area contributed by atoms with E-state index in [4.69, 9.17) is 14.6 Å². The SMILES string of the molecule is O=C(O)NC1(COc2ccc(Br)cc2)COC1. The van der Waals surface area contributed by atoms with Crippen LogP contribution >= 0.6 is 15.9 Å². The van der Waals surface area contributed by atoms with Gasteiger partial charge < -0.3 is 19.9 Å². The molecule has 2 N–H and O–H groups in total. The lowest BCUT2D eigenvalue weighted by atomic mass is 9.99. The highest BCUT2D eigenvalue weighted by Crippen LogP contribution is 2.21. The highest BCUT2D eigenvalue weighted by molar-refractivity contribution is 9.10. The summed E-state index contributed by atoms with van der Waals surface area (Å²) in [6, 6.07) is 7.37. The Bertz CT molecular complexity index is 402. The number of ether oxygens (including phenoxy) is 2. The number of nitrogens with one attached hydrogen (secondary N) is 1. The van der Waals surface area contributed by atoms with Crippen molar-refractivity contribution in [3.8, 4) is 5.75 Å². The van der Waals surface area contributed by atoms with E-state index in [1.165, 1.54) is 0 Å². The predicted molar refractivity (Wildman–Crippen MR) is 64.3 cm³/mol. The van der Waals surface area contributed by atoms with Crippen molar-refractivity contribution in [2.24, 2.45) is 0 Å². The Kier molecular flexibility index (Phi) is 3.54. The molecule has 0 unspecified atom stereocenters. The van der Waals surface area contributed by atoms with Crippen molar-refractivity contribution < 1.29 is 19.4 Å². The third-order valence-electron chi connectivity index (χ3n) is 2.46. The van der Waals surface area contributed by atoms with Crippen LogP contribution in [-0.4, -0.2) is 36.6 Å². The summed E-state index contributed by atoms with van der Waals surface area (Å²) in [6.07, 6.45) is -1.06. The topological polar surface area (TPSA) is 67.8 Å². The highest BCUT2D eigenvalue weighted by atomic mass is 79.9. The highest BCUT2D eigenvalue weighted by Gasteiger charge is 2.41. The molecule has 17 heavy (non-hydrogen) atoms. The molecule has 1 fully saturated rings. The normalized spacial score (nSPS) is 17.0. The van der Waals surface area contributed by atoms with Gasteiger partial charge in [-0.25, -0.2) is 4.79 Å². The van der Waals surface area contributed by atoms with E-state index in [1.54, 1.807) is 0 Å². The molecule has 0 saturated carbocycles. The lowest BCUT2D eigenvalue weighted by Crippen LogP contribution is -2.65. The number of amides is 1. The van der Waals surface area contributed by atoms with Crippen LogP contribution in [0.3, 0.4) is 0 Å². The van der Waals surface area contributed by atoms with Gasteiger partial charge in [0.25, 0.3) is 0 Å². The van der Waals surface area contributed by atoms with E-state index < -0.39 is 11.6 Å². The summed E-state index contributed by atoms with van der Waals surface area (Å²) in [6.45, 7) is 0.951. The maximum absolute atomic E-state index is 10.6. The number of hydrogen-bond acceptors (Lipinski definition) is 3. The average Bonchev–Trinajstić information content (AvgIpc) is 2.23. The second-order valence-corrected chi connectivity index (χ2v) is 4.86. The van der Waals surface area contributed by atoms with Crippen LogP contribution in [0.5, 0.6) is 5.75 Å². The van der Waals surface area contributed by atoms with E-state index in [-0.39, 0.29) is 6.61 Å². The fourth-order valence-electron chi connectivity index (χ4n) is 1.52. The molecule has 1 aliphatic heterocycles. The number of carboxylic acid groups (broad SMARTS) is 1. The molecule has 1 aliphatic rings. The monoisotopic (exact) mass is 301 g/mol. The molecule has 0 atom stereocenters.